The van der Waals surface area contributed by atoms with Crippen molar-refractivity contribution >= 4 is 17.4 Å². The number of aromatic nitrogens is 1. The first kappa shape index (κ1) is 17.2. The van der Waals surface area contributed by atoms with E-state index in [1.165, 1.54) is 12.1 Å². The molecule has 2 heterocycles. The zero-order chi connectivity index (χ0) is 17.9. The second-order valence-electron chi connectivity index (χ2n) is 5.53. The number of halogens is 3. The van der Waals surface area contributed by atoms with Gasteiger partial charge in [0.05, 0.1) is 30.7 Å². The Kier molecular flexibility index (Phi) is 4.89. The highest BCUT2D eigenvalue weighted by Gasteiger charge is 2.30. The molecule has 1 aromatic carbocycles. The van der Waals surface area contributed by atoms with Crippen molar-refractivity contribution in [3.05, 3.63) is 53.7 Å². The van der Waals surface area contributed by atoms with E-state index in [2.05, 4.69) is 15.2 Å². The van der Waals surface area contributed by atoms with Crippen LogP contribution in [-0.4, -0.2) is 37.2 Å². The van der Waals surface area contributed by atoms with Gasteiger partial charge in [0.1, 0.15) is 5.82 Å². The van der Waals surface area contributed by atoms with Gasteiger partial charge in [-0.2, -0.15) is 13.2 Å². The van der Waals surface area contributed by atoms with Gasteiger partial charge in [-0.15, -0.1) is 0 Å². The number of amides is 1. The molecular formula is C17H16F3N3O2. The first-order valence-electron chi connectivity index (χ1n) is 7.71. The van der Waals surface area contributed by atoms with Crippen LogP contribution in [0.3, 0.4) is 0 Å². The number of carbonyl (C=O) groups excluding carboxylic acids is 1. The Bertz CT molecular complexity index is 742. The van der Waals surface area contributed by atoms with E-state index in [0.29, 0.717) is 13.2 Å². The molecule has 1 N–H and O–H groups in total. The van der Waals surface area contributed by atoms with Crippen LogP contribution in [0, 0.1) is 0 Å². The summed E-state index contributed by atoms with van der Waals surface area (Å²) in [6.45, 7) is 2.82. The average Bonchev–Trinajstić information content (AvgIpc) is 2.62. The van der Waals surface area contributed by atoms with E-state index >= 15 is 0 Å². The minimum atomic E-state index is -4.49. The van der Waals surface area contributed by atoms with Crippen LogP contribution in [0.2, 0.25) is 0 Å². The van der Waals surface area contributed by atoms with Gasteiger partial charge in [0, 0.05) is 18.7 Å². The van der Waals surface area contributed by atoms with E-state index in [4.69, 9.17) is 4.74 Å². The van der Waals surface area contributed by atoms with Crippen molar-refractivity contribution in [3.63, 3.8) is 0 Å². The van der Waals surface area contributed by atoms with Gasteiger partial charge in [0.25, 0.3) is 5.91 Å². The smallest absolute Gasteiger partial charge is 0.378 e. The standard InChI is InChI=1S/C17H16F3N3O2/c18-17(19,20)13-3-1-2-12(10-13)16(24)22-15-5-4-14(11-21-15)23-6-8-25-9-7-23/h1-5,10-11H,6-9H2,(H,21,22,24). The Morgan fingerprint density at radius 1 is 1.16 bits per heavy atom. The predicted molar refractivity (Wildman–Crippen MR) is 86.7 cm³/mol. The highest BCUT2D eigenvalue weighted by Crippen LogP contribution is 2.29. The molecule has 25 heavy (non-hydrogen) atoms. The highest BCUT2D eigenvalue weighted by molar-refractivity contribution is 6.03. The largest absolute Gasteiger partial charge is 0.416 e. The normalized spacial score (nSPS) is 15.1. The molecule has 1 fully saturated rings. The van der Waals surface area contributed by atoms with Crippen LogP contribution >= 0.6 is 0 Å². The molecule has 0 spiro atoms. The van der Waals surface area contributed by atoms with Crippen LogP contribution in [0.1, 0.15) is 15.9 Å². The topological polar surface area (TPSA) is 54.5 Å². The number of hydrogen-bond acceptors (Lipinski definition) is 4. The predicted octanol–water partition coefficient (Wildman–Crippen LogP) is 3.19. The lowest BCUT2D eigenvalue weighted by Crippen LogP contribution is -2.36. The maximum atomic E-state index is 12.7. The third-order valence-electron chi connectivity index (χ3n) is 3.82. The van der Waals surface area contributed by atoms with E-state index in [9.17, 15) is 18.0 Å². The van der Waals surface area contributed by atoms with Crippen LogP contribution in [0.15, 0.2) is 42.6 Å². The number of ether oxygens (including phenoxy) is 1. The molecule has 0 radical (unpaired) electrons. The van der Waals surface area contributed by atoms with Gasteiger partial charge in [-0.1, -0.05) is 6.07 Å². The van der Waals surface area contributed by atoms with Gasteiger partial charge in [-0.05, 0) is 30.3 Å². The fourth-order valence-electron chi connectivity index (χ4n) is 2.49. The summed E-state index contributed by atoms with van der Waals surface area (Å²) in [5.41, 5.74) is -0.0370. The zero-order valence-corrected chi connectivity index (χ0v) is 13.2. The molecule has 1 aliphatic rings. The van der Waals surface area contributed by atoms with Crippen LogP contribution in [-0.2, 0) is 10.9 Å². The number of rotatable bonds is 3. The first-order valence-corrected chi connectivity index (χ1v) is 7.71. The second kappa shape index (κ2) is 7.10. The Labute approximate surface area is 142 Å². The summed E-state index contributed by atoms with van der Waals surface area (Å²) in [7, 11) is 0. The number of hydrogen-bond donors (Lipinski definition) is 1. The van der Waals surface area contributed by atoms with Crippen molar-refractivity contribution in [2.24, 2.45) is 0 Å². The van der Waals surface area contributed by atoms with Crippen LogP contribution in [0.4, 0.5) is 24.7 Å². The SMILES string of the molecule is O=C(Nc1ccc(N2CCOCC2)cn1)c1cccc(C(F)(F)F)c1. The fourth-order valence-corrected chi connectivity index (χ4v) is 2.49. The molecule has 0 unspecified atom stereocenters. The number of morpholine rings is 1. The minimum Gasteiger partial charge on any atom is -0.378 e. The van der Waals surface area contributed by atoms with Gasteiger partial charge in [0.2, 0.25) is 0 Å². The molecule has 1 saturated heterocycles. The van der Waals surface area contributed by atoms with Gasteiger partial charge in [-0.25, -0.2) is 4.98 Å². The summed E-state index contributed by atoms with van der Waals surface area (Å²) in [6, 6.07) is 7.69. The molecule has 0 aliphatic carbocycles. The van der Waals surface area contributed by atoms with E-state index in [1.54, 1.807) is 18.3 Å². The monoisotopic (exact) mass is 351 g/mol. The lowest BCUT2D eigenvalue weighted by Gasteiger charge is -2.28. The van der Waals surface area contributed by atoms with Gasteiger partial charge in [-0.3, -0.25) is 4.79 Å². The summed E-state index contributed by atoms with van der Waals surface area (Å²) in [5, 5.41) is 2.51. The third-order valence-corrected chi connectivity index (χ3v) is 3.82. The summed E-state index contributed by atoms with van der Waals surface area (Å²) in [4.78, 5) is 18.4. The molecule has 1 aliphatic heterocycles. The molecule has 1 amide bonds. The lowest BCUT2D eigenvalue weighted by molar-refractivity contribution is -0.137. The molecule has 8 heteroatoms. The maximum absolute atomic E-state index is 12.7. The van der Waals surface area contributed by atoms with E-state index in [0.717, 1.165) is 30.9 Å². The Balaban J connectivity index is 1.68. The Morgan fingerprint density at radius 3 is 2.56 bits per heavy atom. The first-order chi connectivity index (χ1) is 11.9. The van der Waals surface area contributed by atoms with Crippen molar-refractivity contribution < 1.29 is 22.7 Å². The minimum absolute atomic E-state index is 0.0751. The summed E-state index contributed by atoms with van der Waals surface area (Å²) in [5.74, 6) is -0.364. The summed E-state index contributed by atoms with van der Waals surface area (Å²) < 4.78 is 43.4. The van der Waals surface area contributed by atoms with Gasteiger partial charge >= 0.3 is 6.18 Å². The quantitative estimate of drug-likeness (QED) is 0.923. The third kappa shape index (κ3) is 4.27. The molecule has 5 nitrogen and oxygen atoms in total. The average molecular weight is 351 g/mol. The molecule has 3 rings (SSSR count). The van der Waals surface area contributed by atoms with E-state index < -0.39 is 17.6 Å². The molecule has 132 valence electrons. The van der Waals surface area contributed by atoms with E-state index in [1.807, 2.05) is 0 Å². The number of carbonyl (C=O) groups is 1. The van der Waals surface area contributed by atoms with Gasteiger partial charge in [0.15, 0.2) is 0 Å². The molecule has 0 saturated carbocycles. The molecule has 1 aromatic heterocycles. The van der Waals surface area contributed by atoms with E-state index in [-0.39, 0.29) is 11.4 Å². The van der Waals surface area contributed by atoms with Crippen molar-refractivity contribution in [1.82, 2.24) is 4.98 Å². The summed E-state index contributed by atoms with van der Waals surface area (Å²) in [6.07, 6.45) is -2.87. The van der Waals surface area contributed by atoms with Crippen molar-refractivity contribution in [1.29, 1.82) is 0 Å². The van der Waals surface area contributed by atoms with Crippen LogP contribution in [0.5, 0.6) is 0 Å². The molecule has 2 aromatic rings. The van der Waals surface area contributed by atoms with Crippen molar-refractivity contribution in [2.75, 3.05) is 36.5 Å². The van der Waals surface area contributed by atoms with Crippen LogP contribution < -0.4 is 10.2 Å². The second-order valence-corrected chi connectivity index (χ2v) is 5.53. The number of anilines is 2. The maximum Gasteiger partial charge on any atom is 0.416 e. The van der Waals surface area contributed by atoms with Crippen molar-refractivity contribution in [2.45, 2.75) is 6.18 Å². The Morgan fingerprint density at radius 2 is 1.92 bits per heavy atom. The Hall–Kier alpha value is -2.61. The number of nitrogens with zero attached hydrogens (tertiary/aromatic N) is 2. The fraction of sp³-hybridized carbons (Fsp3) is 0.294. The number of alkyl halides is 3. The van der Waals surface area contributed by atoms with Crippen LogP contribution in [0.25, 0.3) is 0 Å². The number of nitrogens with one attached hydrogen (secondary N) is 1. The van der Waals surface area contributed by atoms with Crippen molar-refractivity contribution in [3.8, 4) is 0 Å². The van der Waals surface area contributed by atoms with Gasteiger partial charge < -0.3 is 15.0 Å². The lowest BCUT2D eigenvalue weighted by atomic mass is 10.1. The molecule has 0 atom stereocenters. The molecular weight excluding hydrogens is 335 g/mol. The number of benzene rings is 1. The highest BCUT2D eigenvalue weighted by atomic mass is 19.4. The molecule has 0 bridgehead atoms. The zero-order valence-electron chi connectivity index (χ0n) is 13.2. The summed E-state index contributed by atoms with van der Waals surface area (Å²) >= 11 is 0. The number of pyridine rings is 1.